The normalized spacial score (nSPS) is 19.5. The molecule has 1 aliphatic heterocycles. The molecule has 0 radical (unpaired) electrons. The van der Waals surface area contributed by atoms with E-state index in [0.717, 1.165) is 25.9 Å². The molecule has 0 aromatic carbocycles. The van der Waals surface area contributed by atoms with Crippen molar-refractivity contribution in [3.05, 3.63) is 23.0 Å². The molecule has 1 aromatic heterocycles. The molecule has 0 amide bonds. The number of nitrogens with zero attached hydrogens (tertiary/aromatic N) is 1. The maximum Gasteiger partial charge on any atom is 0.341 e. The van der Waals surface area contributed by atoms with E-state index in [9.17, 15) is 4.79 Å². The summed E-state index contributed by atoms with van der Waals surface area (Å²) in [5.74, 6) is -0.519. The molecule has 6 heteroatoms. The number of nitrogens with two attached hydrogens (primary N) is 1. The third-order valence-corrected chi connectivity index (χ3v) is 3.06. The topological polar surface area (TPSA) is 74.4 Å². The number of carbonyl (C=O) groups excluding carboxylic acids is 1. The van der Waals surface area contributed by atoms with Crippen molar-refractivity contribution in [3.8, 4) is 0 Å². The zero-order chi connectivity index (χ0) is 13.0. The van der Waals surface area contributed by atoms with Gasteiger partial charge in [0.25, 0.3) is 0 Å². The lowest BCUT2D eigenvalue weighted by Crippen LogP contribution is -2.26. The quantitative estimate of drug-likeness (QED) is 0.672. The highest BCUT2D eigenvalue weighted by atomic mass is 35.5. The Morgan fingerprint density at radius 2 is 2.44 bits per heavy atom. The molecule has 1 fully saturated rings. The minimum atomic E-state index is -0.519. The summed E-state index contributed by atoms with van der Waals surface area (Å²) in [6.45, 7) is 0.965. The summed E-state index contributed by atoms with van der Waals surface area (Å²) >= 11 is 5.81. The van der Waals surface area contributed by atoms with Crippen LogP contribution in [0.4, 0.5) is 5.69 Å². The van der Waals surface area contributed by atoms with Crippen molar-refractivity contribution in [1.82, 2.24) is 4.98 Å². The summed E-state index contributed by atoms with van der Waals surface area (Å²) < 4.78 is 10.6. The molecule has 98 valence electrons. The van der Waals surface area contributed by atoms with Gasteiger partial charge in [-0.05, 0) is 25.3 Å². The second-order valence-corrected chi connectivity index (χ2v) is 4.55. The molecule has 2 N–H and O–H groups in total. The van der Waals surface area contributed by atoms with Crippen LogP contribution in [0.1, 0.15) is 29.6 Å². The van der Waals surface area contributed by atoms with Crippen LogP contribution >= 0.6 is 11.6 Å². The molecule has 18 heavy (non-hydrogen) atoms. The van der Waals surface area contributed by atoms with Gasteiger partial charge in [-0.25, -0.2) is 9.78 Å². The Morgan fingerprint density at radius 3 is 3.17 bits per heavy atom. The van der Waals surface area contributed by atoms with Crippen LogP contribution in [0, 0.1) is 0 Å². The first-order chi connectivity index (χ1) is 8.66. The van der Waals surface area contributed by atoms with Crippen LogP contribution in [0.25, 0.3) is 0 Å². The summed E-state index contributed by atoms with van der Waals surface area (Å²) in [6, 6.07) is 1.46. The van der Waals surface area contributed by atoms with Crippen molar-refractivity contribution >= 4 is 23.3 Å². The number of ether oxygens (including phenoxy) is 2. The van der Waals surface area contributed by atoms with Crippen LogP contribution in [-0.4, -0.2) is 30.3 Å². The van der Waals surface area contributed by atoms with Crippen LogP contribution in [0.2, 0.25) is 5.15 Å². The maximum absolute atomic E-state index is 11.8. The zero-order valence-electron chi connectivity index (χ0n) is 9.89. The predicted octanol–water partition coefficient (Wildman–Crippen LogP) is 2.04. The first kappa shape index (κ1) is 13.1. The highest BCUT2D eigenvalue weighted by molar-refractivity contribution is 6.32. The monoisotopic (exact) mass is 270 g/mol. The highest BCUT2D eigenvalue weighted by Gasteiger charge is 2.18. The fraction of sp³-hybridized carbons (Fsp3) is 0.500. The van der Waals surface area contributed by atoms with E-state index in [1.165, 1.54) is 12.3 Å². The molecule has 5 nitrogen and oxygen atoms in total. The molecule has 2 rings (SSSR count). The van der Waals surface area contributed by atoms with Gasteiger partial charge in [0.1, 0.15) is 11.8 Å². The van der Waals surface area contributed by atoms with Crippen molar-refractivity contribution in [2.75, 3.05) is 18.9 Å². The van der Waals surface area contributed by atoms with E-state index < -0.39 is 5.97 Å². The van der Waals surface area contributed by atoms with Gasteiger partial charge in [-0.2, -0.15) is 0 Å². The number of nitrogen functional groups attached to an aromatic ring is 1. The Hall–Kier alpha value is -1.33. The fourth-order valence-corrected chi connectivity index (χ4v) is 1.97. The Bertz CT molecular complexity index is 433. The van der Waals surface area contributed by atoms with Crippen molar-refractivity contribution in [3.63, 3.8) is 0 Å². The molecule has 0 bridgehead atoms. The van der Waals surface area contributed by atoms with Gasteiger partial charge in [0.05, 0.1) is 23.6 Å². The molecule has 1 atom stereocenters. The Labute approximate surface area is 110 Å². The molecule has 1 aliphatic rings. The zero-order valence-corrected chi connectivity index (χ0v) is 10.7. The lowest BCUT2D eigenvalue weighted by Gasteiger charge is -2.22. The summed E-state index contributed by atoms with van der Waals surface area (Å²) in [5, 5.41) is 0.0961. The summed E-state index contributed by atoms with van der Waals surface area (Å²) in [4.78, 5) is 15.6. The minimum absolute atomic E-state index is 0.0181. The number of anilines is 1. The van der Waals surface area contributed by atoms with Gasteiger partial charge in [-0.3, -0.25) is 0 Å². The molecule has 2 heterocycles. The number of rotatable bonds is 3. The van der Waals surface area contributed by atoms with E-state index in [1.807, 2.05) is 0 Å². The Balaban J connectivity index is 1.92. The number of aromatic nitrogens is 1. The summed E-state index contributed by atoms with van der Waals surface area (Å²) in [5.41, 5.74) is 6.11. The molecule has 1 saturated heterocycles. The SMILES string of the molecule is Nc1cnc(Cl)c(C(=O)OCC2CCCCO2)c1. The van der Waals surface area contributed by atoms with Crippen LogP contribution < -0.4 is 5.73 Å². The predicted molar refractivity (Wildman–Crippen MR) is 67.5 cm³/mol. The second-order valence-electron chi connectivity index (χ2n) is 4.19. The van der Waals surface area contributed by atoms with Crippen molar-refractivity contribution < 1.29 is 14.3 Å². The largest absolute Gasteiger partial charge is 0.459 e. The van der Waals surface area contributed by atoms with Gasteiger partial charge in [0, 0.05) is 6.61 Å². The first-order valence-corrected chi connectivity index (χ1v) is 6.24. The maximum atomic E-state index is 11.8. The number of pyridine rings is 1. The van der Waals surface area contributed by atoms with Crippen molar-refractivity contribution in [2.45, 2.75) is 25.4 Å². The third kappa shape index (κ3) is 3.34. The van der Waals surface area contributed by atoms with Gasteiger partial charge in [0.15, 0.2) is 0 Å². The number of halogens is 1. The van der Waals surface area contributed by atoms with Crippen LogP contribution in [0.15, 0.2) is 12.3 Å². The first-order valence-electron chi connectivity index (χ1n) is 5.86. The molecule has 1 aromatic rings. The number of hydrogen-bond acceptors (Lipinski definition) is 5. The summed E-state index contributed by atoms with van der Waals surface area (Å²) in [6.07, 6.45) is 4.45. The second kappa shape index (κ2) is 6.02. The van der Waals surface area contributed by atoms with Gasteiger partial charge >= 0.3 is 5.97 Å². The van der Waals surface area contributed by atoms with Crippen LogP contribution in [-0.2, 0) is 9.47 Å². The van der Waals surface area contributed by atoms with Gasteiger partial charge in [0.2, 0.25) is 0 Å². The Kier molecular flexibility index (Phi) is 4.38. The average Bonchev–Trinajstić information content (AvgIpc) is 2.40. The molecular weight excluding hydrogens is 256 g/mol. The molecule has 0 spiro atoms. The number of carbonyl (C=O) groups is 1. The lowest BCUT2D eigenvalue weighted by atomic mass is 10.1. The number of hydrogen-bond donors (Lipinski definition) is 1. The number of esters is 1. The fourth-order valence-electron chi connectivity index (χ4n) is 1.79. The molecule has 0 aliphatic carbocycles. The van der Waals surface area contributed by atoms with E-state index in [2.05, 4.69) is 4.98 Å². The van der Waals surface area contributed by atoms with Crippen molar-refractivity contribution in [2.24, 2.45) is 0 Å². The Morgan fingerprint density at radius 1 is 1.61 bits per heavy atom. The van der Waals surface area contributed by atoms with Gasteiger partial charge < -0.3 is 15.2 Å². The van der Waals surface area contributed by atoms with E-state index in [1.54, 1.807) is 0 Å². The smallest absolute Gasteiger partial charge is 0.341 e. The average molecular weight is 271 g/mol. The van der Waals surface area contributed by atoms with E-state index in [4.69, 9.17) is 26.8 Å². The van der Waals surface area contributed by atoms with E-state index in [0.29, 0.717) is 5.69 Å². The summed E-state index contributed by atoms with van der Waals surface area (Å²) in [7, 11) is 0. The van der Waals surface area contributed by atoms with Crippen LogP contribution in [0.5, 0.6) is 0 Å². The van der Waals surface area contributed by atoms with Gasteiger partial charge in [-0.1, -0.05) is 11.6 Å². The third-order valence-electron chi connectivity index (χ3n) is 2.75. The van der Waals surface area contributed by atoms with Gasteiger partial charge in [-0.15, -0.1) is 0 Å². The molecule has 0 saturated carbocycles. The van der Waals surface area contributed by atoms with Crippen LogP contribution in [0.3, 0.4) is 0 Å². The van der Waals surface area contributed by atoms with Crippen molar-refractivity contribution in [1.29, 1.82) is 0 Å². The lowest BCUT2D eigenvalue weighted by molar-refractivity contribution is -0.0300. The van der Waals surface area contributed by atoms with E-state index in [-0.39, 0.29) is 23.4 Å². The minimum Gasteiger partial charge on any atom is -0.459 e. The standard InChI is InChI=1S/C12H15ClN2O3/c13-11-10(5-8(14)6-15-11)12(16)18-7-9-3-1-2-4-17-9/h5-6,9H,1-4,7,14H2. The molecular formula is C12H15ClN2O3. The highest BCUT2D eigenvalue weighted by Crippen LogP contribution is 2.18. The van der Waals surface area contributed by atoms with E-state index >= 15 is 0 Å². The molecule has 1 unspecified atom stereocenters.